The summed E-state index contributed by atoms with van der Waals surface area (Å²) in [5, 5.41) is 3.45. The highest BCUT2D eigenvalue weighted by molar-refractivity contribution is 5.30. The third-order valence-electron chi connectivity index (χ3n) is 2.90. The van der Waals surface area contributed by atoms with Gasteiger partial charge in [0.1, 0.15) is 0 Å². The quantitative estimate of drug-likeness (QED) is 0.778. The molecule has 0 spiro atoms. The highest BCUT2D eigenvalue weighted by atomic mass is 14.9. The second kappa shape index (κ2) is 5.92. The predicted octanol–water partition coefficient (Wildman–Crippen LogP) is 3.23. The highest BCUT2D eigenvalue weighted by Crippen LogP contribution is 2.13. The van der Waals surface area contributed by atoms with Gasteiger partial charge in [-0.05, 0) is 51.3 Å². The summed E-state index contributed by atoms with van der Waals surface area (Å²) in [6, 6.07) is 7.35. The van der Waals surface area contributed by atoms with E-state index in [0.29, 0.717) is 6.04 Å². The summed E-state index contributed by atoms with van der Waals surface area (Å²) >= 11 is 0. The second-order valence-corrected chi connectivity index (χ2v) is 4.43. The van der Waals surface area contributed by atoms with Gasteiger partial charge in [0.05, 0.1) is 0 Å². The number of hydrogen-bond acceptors (Lipinski definition) is 1. The minimum atomic E-state index is 0.620. The molecule has 1 aromatic rings. The summed E-state index contributed by atoms with van der Waals surface area (Å²) in [6.07, 6.45) is 2.40. The Labute approximate surface area is 93.9 Å². The van der Waals surface area contributed by atoms with Gasteiger partial charge in [-0.25, -0.2) is 0 Å². The highest BCUT2D eigenvalue weighted by Gasteiger charge is 2.03. The average Bonchev–Trinajstić information content (AvgIpc) is 2.20. The lowest BCUT2D eigenvalue weighted by molar-refractivity contribution is 0.530. The van der Waals surface area contributed by atoms with Crippen molar-refractivity contribution in [3.8, 4) is 0 Å². The van der Waals surface area contributed by atoms with E-state index < -0.39 is 0 Å². The van der Waals surface area contributed by atoms with Gasteiger partial charge < -0.3 is 5.32 Å². The molecule has 1 nitrogen and oxygen atoms in total. The van der Waals surface area contributed by atoms with Gasteiger partial charge in [0.2, 0.25) is 0 Å². The van der Waals surface area contributed by atoms with Gasteiger partial charge in [-0.15, -0.1) is 0 Å². The van der Waals surface area contributed by atoms with Crippen molar-refractivity contribution in [2.75, 3.05) is 6.54 Å². The maximum atomic E-state index is 3.45. The Bertz CT molecular complexity index is 304. The molecule has 1 rings (SSSR count). The first-order chi connectivity index (χ1) is 7.13. The van der Waals surface area contributed by atoms with Crippen molar-refractivity contribution in [2.24, 2.45) is 0 Å². The lowest BCUT2D eigenvalue weighted by Crippen LogP contribution is -2.25. The smallest absolute Gasteiger partial charge is 0.00417 e. The van der Waals surface area contributed by atoms with Crippen molar-refractivity contribution >= 4 is 0 Å². The first-order valence-corrected chi connectivity index (χ1v) is 5.93. The Balaban J connectivity index is 2.53. The van der Waals surface area contributed by atoms with Crippen LogP contribution in [-0.4, -0.2) is 12.6 Å². The standard InChI is InChI=1S/C14H23N/c1-5-15-13(4)8-9-14-10-11(2)6-7-12(14)3/h6-7,10,13,15H,5,8-9H2,1-4H3. The lowest BCUT2D eigenvalue weighted by Gasteiger charge is -2.13. The van der Waals surface area contributed by atoms with Crippen molar-refractivity contribution in [2.45, 2.75) is 46.6 Å². The minimum absolute atomic E-state index is 0.620. The number of nitrogens with one attached hydrogen (secondary N) is 1. The molecule has 0 aliphatic carbocycles. The molecular weight excluding hydrogens is 182 g/mol. The second-order valence-electron chi connectivity index (χ2n) is 4.43. The van der Waals surface area contributed by atoms with Crippen molar-refractivity contribution in [1.82, 2.24) is 5.32 Å². The molecule has 1 aromatic carbocycles. The number of rotatable bonds is 5. The molecule has 0 radical (unpaired) electrons. The molecule has 0 aliphatic rings. The Morgan fingerprint density at radius 3 is 2.67 bits per heavy atom. The van der Waals surface area contributed by atoms with Gasteiger partial charge in [-0.3, -0.25) is 0 Å². The average molecular weight is 205 g/mol. The molecule has 1 N–H and O–H groups in total. The Hall–Kier alpha value is -0.820. The summed E-state index contributed by atoms with van der Waals surface area (Å²) in [5.74, 6) is 0. The van der Waals surface area contributed by atoms with E-state index in [1.807, 2.05) is 0 Å². The van der Waals surface area contributed by atoms with Crippen LogP contribution in [0.3, 0.4) is 0 Å². The molecule has 0 aliphatic heterocycles. The molecule has 0 saturated carbocycles. The molecule has 0 aromatic heterocycles. The molecule has 84 valence electrons. The van der Waals surface area contributed by atoms with Crippen molar-refractivity contribution in [3.63, 3.8) is 0 Å². The van der Waals surface area contributed by atoms with Crippen molar-refractivity contribution in [3.05, 3.63) is 34.9 Å². The van der Waals surface area contributed by atoms with Gasteiger partial charge in [-0.1, -0.05) is 30.7 Å². The zero-order valence-corrected chi connectivity index (χ0v) is 10.4. The van der Waals surface area contributed by atoms with E-state index >= 15 is 0 Å². The maximum Gasteiger partial charge on any atom is 0.00417 e. The molecule has 0 saturated heterocycles. The van der Waals surface area contributed by atoms with Crippen LogP contribution in [-0.2, 0) is 6.42 Å². The van der Waals surface area contributed by atoms with Crippen molar-refractivity contribution in [1.29, 1.82) is 0 Å². The molecule has 0 amide bonds. The van der Waals surface area contributed by atoms with Crippen LogP contribution < -0.4 is 5.32 Å². The summed E-state index contributed by atoms with van der Waals surface area (Å²) in [6.45, 7) is 9.85. The van der Waals surface area contributed by atoms with E-state index in [1.54, 1.807) is 0 Å². The van der Waals surface area contributed by atoms with Crippen LogP contribution in [0.25, 0.3) is 0 Å². The fourth-order valence-corrected chi connectivity index (χ4v) is 1.89. The summed E-state index contributed by atoms with van der Waals surface area (Å²) < 4.78 is 0. The summed E-state index contributed by atoms with van der Waals surface area (Å²) in [4.78, 5) is 0. The fourth-order valence-electron chi connectivity index (χ4n) is 1.89. The third-order valence-corrected chi connectivity index (χ3v) is 2.90. The number of hydrogen-bond donors (Lipinski definition) is 1. The van der Waals surface area contributed by atoms with Crippen LogP contribution in [0, 0.1) is 13.8 Å². The van der Waals surface area contributed by atoms with Crippen LogP contribution in [0.2, 0.25) is 0 Å². The first-order valence-electron chi connectivity index (χ1n) is 5.93. The van der Waals surface area contributed by atoms with E-state index in [0.717, 1.165) is 6.54 Å². The minimum Gasteiger partial charge on any atom is -0.315 e. The largest absolute Gasteiger partial charge is 0.315 e. The molecule has 1 heteroatoms. The van der Waals surface area contributed by atoms with Gasteiger partial charge in [0, 0.05) is 6.04 Å². The zero-order valence-electron chi connectivity index (χ0n) is 10.4. The predicted molar refractivity (Wildman–Crippen MR) is 67.4 cm³/mol. The monoisotopic (exact) mass is 205 g/mol. The van der Waals surface area contributed by atoms with Crippen LogP contribution in [0.4, 0.5) is 0 Å². The number of aryl methyl sites for hydroxylation is 3. The molecule has 1 unspecified atom stereocenters. The van der Waals surface area contributed by atoms with Gasteiger partial charge in [-0.2, -0.15) is 0 Å². The third kappa shape index (κ3) is 4.05. The van der Waals surface area contributed by atoms with Crippen molar-refractivity contribution < 1.29 is 0 Å². The lowest BCUT2D eigenvalue weighted by atomic mass is 9.99. The number of benzene rings is 1. The maximum absolute atomic E-state index is 3.45. The van der Waals surface area contributed by atoms with Gasteiger partial charge in [0.15, 0.2) is 0 Å². The molecule has 0 heterocycles. The molecule has 1 atom stereocenters. The normalized spacial score (nSPS) is 12.8. The topological polar surface area (TPSA) is 12.0 Å². The zero-order chi connectivity index (χ0) is 11.3. The SMILES string of the molecule is CCNC(C)CCc1cc(C)ccc1C. The molecule has 0 fully saturated rings. The van der Waals surface area contributed by atoms with E-state index in [-0.39, 0.29) is 0 Å². The van der Waals surface area contributed by atoms with Crippen LogP contribution in [0.5, 0.6) is 0 Å². The summed E-state index contributed by atoms with van der Waals surface area (Å²) in [5.41, 5.74) is 4.29. The van der Waals surface area contributed by atoms with E-state index in [1.165, 1.54) is 29.5 Å². The fraction of sp³-hybridized carbons (Fsp3) is 0.571. The van der Waals surface area contributed by atoms with Crippen LogP contribution in [0.1, 0.15) is 37.0 Å². The molecule has 15 heavy (non-hydrogen) atoms. The Morgan fingerprint density at radius 2 is 2.00 bits per heavy atom. The van der Waals surface area contributed by atoms with Crippen LogP contribution in [0.15, 0.2) is 18.2 Å². The van der Waals surface area contributed by atoms with E-state index in [2.05, 4.69) is 51.2 Å². The first kappa shape index (κ1) is 12.3. The van der Waals surface area contributed by atoms with E-state index in [9.17, 15) is 0 Å². The van der Waals surface area contributed by atoms with Gasteiger partial charge in [0.25, 0.3) is 0 Å². The molecular formula is C14H23N. The Kier molecular flexibility index (Phi) is 4.83. The van der Waals surface area contributed by atoms with Gasteiger partial charge >= 0.3 is 0 Å². The summed E-state index contributed by atoms with van der Waals surface area (Å²) in [7, 11) is 0. The van der Waals surface area contributed by atoms with Crippen LogP contribution >= 0.6 is 0 Å². The Morgan fingerprint density at radius 1 is 1.27 bits per heavy atom. The van der Waals surface area contributed by atoms with E-state index in [4.69, 9.17) is 0 Å². The molecule has 0 bridgehead atoms.